The van der Waals surface area contributed by atoms with Gasteiger partial charge in [-0.3, -0.25) is 0 Å². The number of anilines is 1. The van der Waals surface area contributed by atoms with Gasteiger partial charge in [-0.2, -0.15) is 0 Å². The molecule has 0 aromatic heterocycles. The van der Waals surface area contributed by atoms with Gasteiger partial charge < -0.3 is 15.8 Å². The normalized spacial score (nSPS) is 10.5. The number of hydrogen-bond donors (Lipinski definition) is 2. The first-order chi connectivity index (χ1) is 7.19. The Kier molecular flexibility index (Phi) is 4.30. The third kappa shape index (κ3) is 3.06. The SMILES string of the molecule is CNc1cccc(OCC(F)F)c1CN. The van der Waals surface area contributed by atoms with Gasteiger partial charge in [-0.15, -0.1) is 0 Å². The fourth-order valence-corrected chi connectivity index (χ4v) is 1.30. The Morgan fingerprint density at radius 3 is 2.73 bits per heavy atom. The van der Waals surface area contributed by atoms with E-state index in [4.69, 9.17) is 10.5 Å². The molecular weight excluding hydrogens is 202 g/mol. The van der Waals surface area contributed by atoms with Crippen LogP contribution in [0.1, 0.15) is 5.56 Å². The summed E-state index contributed by atoms with van der Waals surface area (Å²) in [6, 6.07) is 5.18. The van der Waals surface area contributed by atoms with Crippen LogP contribution in [0, 0.1) is 0 Å². The van der Waals surface area contributed by atoms with E-state index in [-0.39, 0.29) is 6.54 Å². The van der Waals surface area contributed by atoms with Crippen molar-refractivity contribution in [3.8, 4) is 5.75 Å². The lowest BCUT2D eigenvalue weighted by atomic mass is 10.1. The van der Waals surface area contributed by atoms with Gasteiger partial charge in [-0.1, -0.05) is 6.07 Å². The Hall–Kier alpha value is -1.36. The molecule has 1 aromatic carbocycles. The zero-order chi connectivity index (χ0) is 11.3. The van der Waals surface area contributed by atoms with E-state index in [0.29, 0.717) is 11.3 Å². The Morgan fingerprint density at radius 2 is 2.20 bits per heavy atom. The van der Waals surface area contributed by atoms with Crippen molar-refractivity contribution in [3.05, 3.63) is 23.8 Å². The van der Waals surface area contributed by atoms with Crippen LogP contribution in [-0.4, -0.2) is 20.1 Å². The maximum Gasteiger partial charge on any atom is 0.272 e. The van der Waals surface area contributed by atoms with E-state index in [1.807, 2.05) is 6.07 Å². The highest BCUT2D eigenvalue weighted by Crippen LogP contribution is 2.25. The molecule has 0 amide bonds. The quantitative estimate of drug-likeness (QED) is 0.789. The number of ether oxygens (including phenoxy) is 1. The molecule has 0 saturated carbocycles. The van der Waals surface area contributed by atoms with Gasteiger partial charge in [0.25, 0.3) is 6.43 Å². The number of benzene rings is 1. The van der Waals surface area contributed by atoms with Crippen molar-refractivity contribution in [3.63, 3.8) is 0 Å². The number of alkyl halides is 2. The molecule has 1 aromatic rings. The van der Waals surface area contributed by atoms with Crippen LogP contribution in [0.3, 0.4) is 0 Å². The molecule has 0 spiro atoms. The monoisotopic (exact) mass is 216 g/mol. The van der Waals surface area contributed by atoms with Crippen LogP contribution in [0.5, 0.6) is 5.75 Å². The smallest absolute Gasteiger partial charge is 0.272 e. The molecule has 0 atom stereocenters. The van der Waals surface area contributed by atoms with Crippen LogP contribution in [0.15, 0.2) is 18.2 Å². The molecule has 5 heteroatoms. The highest BCUT2D eigenvalue weighted by molar-refractivity contribution is 5.57. The molecular formula is C10H14F2N2O. The highest BCUT2D eigenvalue weighted by Gasteiger charge is 2.09. The van der Waals surface area contributed by atoms with Crippen molar-refractivity contribution in [1.29, 1.82) is 0 Å². The predicted molar refractivity (Wildman–Crippen MR) is 55.4 cm³/mol. The Balaban J connectivity index is 2.86. The second-order valence-corrected chi connectivity index (χ2v) is 2.94. The first-order valence-corrected chi connectivity index (χ1v) is 4.59. The second kappa shape index (κ2) is 5.50. The van der Waals surface area contributed by atoms with E-state index in [1.54, 1.807) is 19.2 Å². The van der Waals surface area contributed by atoms with Gasteiger partial charge >= 0.3 is 0 Å². The zero-order valence-corrected chi connectivity index (χ0v) is 8.47. The molecule has 0 aliphatic rings. The summed E-state index contributed by atoms with van der Waals surface area (Å²) in [7, 11) is 1.74. The molecule has 0 saturated heterocycles. The Labute approximate surface area is 87.2 Å². The second-order valence-electron chi connectivity index (χ2n) is 2.94. The van der Waals surface area contributed by atoms with Gasteiger partial charge in [0.05, 0.1) is 0 Å². The number of hydrogen-bond acceptors (Lipinski definition) is 3. The van der Waals surface area contributed by atoms with Gasteiger partial charge in [0, 0.05) is 24.8 Å². The van der Waals surface area contributed by atoms with Crippen molar-refractivity contribution >= 4 is 5.69 Å². The van der Waals surface area contributed by atoms with Crippen LogP contribution in [0.25, 0.3) is 0 Å². The summed E-state index contributed by atoms with van der Waals surface area (Å²) >= 11 is 0. The summed E-state index contributed by atoms with van der Waals surface area (Å²) in [6.45, 7) is -0.365. The maximum atomic E-state index is 12.0. The summed E-state index contributed by atoms with van der Waals surface area (Å²) in [4.78, 5) is 0. The number of halogens is 2. The minimum Gasteiger partial charge on any atom is -0.487 e. The lowest BCUT2D eigenvalue weighted by molar-refractivity contribution is 0.0815. The van der Waals surface area contributed by atoms with Crippen molar-refractivity contribution in [2.24, 2.45) is 5.73 Å². The first kappa shape index (κ1) is 11.7. The third-order valence-electron chi connectivity index (χ3n) is 1.97. The van der Waals surface area contributed by atoms with Crippen LogP contribution in [0.2, 0.25) is 0 Å². The van der Waals surface area contributed by atoms with E-state index in [0.717, 1.165) is 5.69 Å². The standard InChI is InChI=1S/C10H14F2N2O/c1-14-8-3-2-4-9(7(8)5-13)15-6-10(11)12/h2-4,10,14H,5-6,13H2,1H3. The minimum atomic E-state index is -2.48. The van der Waals surface area contributed by atoms with Gasteiger partial charge in [-0.25, -0.2) is 8.78 Å². The summed E-state index contributed by atoms with van der Waals surface area (Å²) in [5, 5.41) is 2.93. The molecule has 1 rings (SSSR count). The molecule has 0 aliphatic heterocycles. The first-order valence-electron chi connectivity index (χ1n) is 4.59. The van der Waals surface area contributed by atoms with E-state index >= 15 is 0 Å². The van der Waals surface area contributed by atoms with Crippen molar-refractivity contribution < 1.29 is 13.5 Å². The van der Waals surface area contributed by atoms with E-state index in [2.05, 4.69) is 5.32 Å². The fraction of sp³-hybridized carbons (Fsp3) is 0.400. The van der Waals surface area contributed by atoms with Gasteiger partial charge in [0.15, 0.2) is 0 Å². The molecule has 0 aliphatic carbocycles. The average Bonchev–Trinajstić information content (AvgIpc) is 2.25. The molecule has 3 nitrogen and oxygen atoms in total. The molecule has 0 bridgehead atoms. The third-order valence-corrected chi connectivity index (χ3v) is 1.97. The predicted octanol–water partition coefficient (Wildman–Crippen LogP) is 1.83. The number of rotatable bonds is 5. The van der Waals surface area contributed by atoms with Crippen LogP contribution >= 0.6 is 0 Å². The Bertz CT molecular complexity index is 318. The number of nitrogens with one attached hydrogen (secondary N) is 1. The van der Waals surface area contributed by atoms with Crippen molar-refractivity contribution in [2.75, 3.05) is 19.0 Å². The van der Waals surface area contributed by atoms with Gasteiger partial charge in [-0.05, 0) is 12.1 Å². The average molecular weight is 216 g/mol. The number of nitrogens with two attached hydrogens (primary N) is 1. The fourth-order valence-electron chi connectivity index (χ4n) is 1.30. The topological polar surface area (TPSA) is 47.3 Å². The molecule has 0 fully saturated rings. The van der Waals surface area contributed by atoms with Crippen LogP contribution in [0.4, 0.5) is 14.5 Å². The zero-order valence-electron chi connectivity index (χ0n) is 8.47. The highest BCUT2D eigenvalue weighted by atomic mass is 19.3. The van der Waals surface area contributed by atoms with Crippen molar-refractivity contribution in [1.82, 2.24) is 0 Å². The largest absolute Gasteiger partial charge is 0.487 e. The van der Waals surface area contributed by atoms with Crippen LogP contribution in [-0.2, 0) is 6.54 Å². The lowest BCUT2D eigenvalue weighted by Crippen LogP contribution is -2.11. The van der Waals surface area contributed by atoms with E-state index in [9.17, 15) is 8.78 Å². The molecule has 0 heterocycles. The molecule has 3 N–H and O–H groups in total. The molecule has 84 valence electrons. The van der Waals surface area contributed by atoms with E-state index in [1.165, 1.54) is 0 Å². The maximum absolute atomic E-state index is 12.0. The molecule has 15 heavy (non-hydrogen) atoms. The lowest BCUT2D eigenvalue weighted by Gasteiger charge is -2.13. The molecule has 0 unspecified atom stereocenters. The van der Waals surface area contributed by atoms with E-state index < -0.39 is 13.0 Å². The van der Waals surface area contributed by atoms with Gasteiger partial charge in [0.1, 0.15) is 12.4 Å². The summed E-state index contributed by atoms with van der Waals surface area (Å²) in [5.74, 6) is 0.407. The van der Waals surface area contributed by atoms with Gasteiger partial charge in [0.2, 0.25) is 0 Å². The summed E-state index contributed by atoms with van der Waals surface area (Å²) in [6.07, 6.45) is -2.48. The minimum absolute atomic E-state index is 0.246. The summed E-state index contributed by atoms with van der Waals surface area (Å²) in [5.41, 5.74) is 7.03. The Morgan fingerprint density at radius 1 is 1.47 bits per heavy atom. The van der Waals surface area contributed by atoms with Crippen molar-refractivity contribution in [2.45, 2.75) is 13.0 Å². The summed E-state index contributed by atoms with van der Waals surface area (Å²) < 4.78 is 28.9. The van der Waals surface area contributed by atoms with Crippen LogP contribution < -0.4 is 15.8 Å². The molecule has 0 radical (unpaired) electrons.